The standard InChI is InChI=1S/C26H35N5O.C17H16F3N3O4S.C10H20N2.CH2O3.2K.H/c1-20-17-31(25-9-8-24(27-2)26-23(25)7-6-12-28-26)19-22(32-20)18-29-15-10-21(11-16-29)30-13-4-3-5-14-30;1-11-8-23(9-12(27-11)10-26-28(24,25)17(18,19)20)15-6-5-14(21-2)16-13(15)4-3-7-22-16;1-2-8-12(9-3-1)10-4-6-11-7-5-10;2-1-4-3;;;/h6-9,12,20-22H,3-5,10-11,13-19H2,1H3;3-7,11-12H,8-10H2,1H3;10-11H,1-9H2;1,3H;;;/q;;;;2*+1;-1/p-1/t20-,22+;11-,12-;;;;;/m11...../s1. The van der Waals surface area contributed by atoms with Crippen LogP contribution in [0.1, 0.15) is 79.5 Å². The van der Waals surface area contributed by atoms with Gasteiger partial charge < -0.3 is 50.9 Å². The van der Waals surface area contributed by atoms with E-state index < -0.39 is 28.3 Å². The van der Waals surface area contributed by atoms with E-state index in [-0.39, 0.29) is 136 Å². The van der Waals surface area contributed by atoms with Gasteiger partial charge in [0.1, 0.15) is 6.10 Å². The average Bonchev–Trinajstić information content (AvgIpc) is 3.49. The summed E-state index contributed by atoms with van der Waals surface area (Å²) < 4.78 is 75.7. The van der Waals surface area contributed by atoms with E-state index in [0.29, 0.717) is 28.8 Å². The van der Waals surface area contributed by atoms with E-state index in [1.54, 1.807) is 43.6 Å². The molecule has 6 aliphatic rings. The van der Waals surface area contributed by atoms with Crippen molar-refractivity contribution in [2.45, 2.75) is 120 Å². The van der Waals surface area contributed by atoms with Gasteiger partial charge in [-0.3, -0.25) is 18.9 Å². The molecule has 0 spiro atoms. The molecule has 0 unspecified atom stereocenters. The predicted octanol–water partition coefficient (Wildman–Crippen LogP) is 1.35. The number of pyridine rings is 2. The predicted molar refractivity (Wildman–Crippen MR) is 284 cm³/mol. The summed E-state index contributed by atoms with van der Waals surface area (Å²) in [6, 6.07) is 16.6. The summed E-state index contributed by atoms with van der Waals surface area (Å²) in [5, 5.41) is 13.6. The second-order valence-electron chi connectivity index (χ2n) is 20.3. The zero-order chi connectivity index (χ0) is 54.1. The van der Waals surface area contributed by atoms with Crippen LogP contribution in [0, 0.1) is 13.1 Å². The molecule has 6 fully saturated rings. The normalized spacial score (nSPS) is 23.0. The Morgan fingerprint density at radius 1 is 0.718 bits per heavy atom. The number of alkyl halides is 3. The Balaban J connectivity index is 0.000000260. The van der Waals surface area contributed by atoms with Crippen LogP contribution in [0.5, 0.6) is 0 Å². The maximum Gasteiger partial charge on any atom is 1.00 e. The van der Waals surface area contributed by atoms with Crippen LogP contribution in [0.4, 0.5) is 35.9 Å². The first-order valence-corrected chi connectivity index (χ1v) is 28.0. The van der Waals surface area contributed by atoms with Gasteiger partial charge in [0.15, 0.2) is 0 Å². The van der Waals surface area contributed by atoms with Gasteiger partial charge in [0.2, 0.25) is 11.4 Å². The minimum absolute atomic E-state index is 0. The number of piperidine rings is 4. The van der Waals surface area contributed by atoms with Gasteiger partial charge in [-0.05, 0) is 142 Å². The van der Waals surface area contributed by atoms with Crippen LogP contribution in [-0.2, 0) is 33.5 Å². The number of likely N-dealkylation sites (tertiary alicyclic amines) is 3. The number of aromatic nitrogens is 2. The summed E-state index contributed by atoms with van der Waals surface area (Å²) in [6.45, 7) is 31.2. The van der Waals surface area contributed by atoms with Gasteiger partial charge in [-0.1, -0.05) is 37.1 Å². The van der Waals surface area contributed by atoms with E-state index in [2.05, 4.69) is 72.7 Å². The molecule has 416 valence electrons. The van der Waals surface area contributed by atoms with Crippen molar-refractivity contribution in [1.29, 1.82) is 0 Å². The molecule has 0 aliphatic carbocycles. The van der Waals surface area contributed by atoms with E-state index >= 15 is 0 Å². The number of nitrogens with zero attached hydrogens (tertiary/aromatic N) is 9. The molecule has 2 aromatic heterocycles. The van der Waals surface area contributed by atoms with E-state index in [1.807, 2.05) is 17.0 Å². The molecular weight excluding hydrogens is 1080 g/mol. The average molecular weight is 1160 g/mol. The molecule has 6 saturated heterocycles. The smallest absolute Gasteiger partial charge is 1.00 e. The van der Waals surface area contributed by atoms with E-state index in [0.717, 1.165) is 48.3 Å². The zero-order valence-corrected chi connectivity index (χ0v) is 52.7. The Hall–Kier alpha value is -2.00. The fourth-order valence-corrected chi connectivity index (χ4v) is 11.9. The second-order valence-corrected chi connectivity index (χ2v) is 21.9. The van der Waals surface area contributed by atoms with Crippen molar-refractivity contribution in [2.24, 2.45) is 0 Å². The molecule has 6 aliphatic heterocycles. The van der Waals surface area contributed by atoms with Crippen molar-refractivity contribution >= 4 is 61.1 Å². The monoisotopic (exact) mass is 1160 g/mol. The number of fused-ring (bicyclic) bond motifs is 2. The number of hydrogen-bond acceptors (Lipinski definition) is 16. The van der Waals surface area contributed by atoms with Crippen LogP contribution in [0.2, 0.25) is 0 Å². The fraction of sp³-hybridized carbons (Fsp3) is 0.611. The number of carbonyl (C=O) groups is 1. The number of ether oxygens (including phenoxy) is 2. The van der Waals surface area contributed by atoms with E-state index in [4.69, 9.17) is 32.7 Å². The largest absolute Gasteiger partial charge is 1.00 e. The fourth-order valence-electron chi connectivity index (χ4n) is 11.4. The second kappa shape index (κ2) is 33.3. The molecule has 1 N–H and O–H groups in total. The molecule has 4 atom stereocenters. The van der Waals surface area contributed by atoms with Gasteiger partial charge in [0, 0.05) is 79.3 Å². The van der Waals surface area contributed by atoms with Gasteiger partial charge in [-0.15, -0.1) is 0 Å². The summed E-state index contributed by atoms with van der Waals surface area (Å²) in [4.78, 5) is 39.5. The molecule has 78 heavy (non-hydrogen) atoms. The first-order chi connectivity index (χ1) is 36.7. The summed E-state index contributed by atoms with van der Waals surface area (Å²) in [6.07, 6.45) is 16.3. The van der Waals surface area contributed by atoms with Crippen molar-refractivity contribution in [3.05, 3.63) is 83.8 Å². The van der Waals surface area contributed by atoms with Crippen molar-refractivity contribution in [3.8, 4) is 0 Å². The Labute approximate surface area is 544 Å². The summed E-state index contributed by atoms with van der Waals surface area (Å²) >= 11 is 0. The maximum absolute atomic E-state index is 12.5. The van der Waals surface area contributed by atoms with Crippen LogP contribution in [0.15, 0.2) is 60.9 Å². The number of nitrogens with one attached hydrogen (secondary N) is 1. The molecule has 0 saturated carbocycles. The zero-order valence-electron chi connectivity index (χ0n) is 46.6. The molecule has 0 amide bonds. The quantitative estimate of drug-likeness (QED) is 0.0459. The first-order valence-electron chi connectivity index (χ1n) is 26.6. The first kappa shape index (κ1) is 66.8. The minimum Gasteiger partial charge on any atom is -1.00 e. The number of benzene rings is 2. The van der Waals surface area contributed by atoms with Crippen LogP contribution >= 0.6 is 0 Å². The number of carbonyl (C=O) groups excluding carboxylic acids is 1. The van der Waals surface area contributed by atoms with Crippen LogP contribution < -0.4 is 123 Å². The van der Waals surface area contributed by atoms with E-state index in [9.17, 15) is 21.6 Å². The molecule has 4 aromatic rings. The van der Waals surface area contributed by atoms with Crippen LogP contribution in [-0.4, -0.2) is 173 Å². The third-order valence-electron chi connectivity index (χ3n) is 14.9. The van der Waals surface area contributed by atoms with Crippen LogP contribution in [0.3, 0.4) is 0 Å². The summed E-state index contributed by atoms with van der Waals surface area (Å²) in [5.74, 6) is 0. The molecule has 10 rings (SSSR count). The molecule has 18 nitrogen and oxygen atoms in total. The number of anilines is 2. The Morgan fingerprint density at radius 2 is 1.17 bits per heavy atom. The Kier molecular flexibility index (Phi) is 28.5. The van der Waals surface area contributed by atoms with Gasteiger partial charge in [-0.25, -0.2) is 9.69 Å². The number of halogens is 3. The molecule has 0 bridgehead atoms. The maximum atomic E-state index is 12.5. The third-order valence-corrected chi connectivity index (χ3v) is 15.9. The summed E-state index contributed by atoms with van der Waals surface area (Å²) in [7, 11) is -5.68. The number of hydrogen-bond donors (Lipinski definition) is 1. The summed E-state index contributed by atoms with van der Waals surface area (Å²) in [5.41, 5.74) is -1.25. The molecule has 8 heterocycles. The number of morpholine rings is 2. The number of rotatable bonds is 10. The molecule has 0 radical (unpaired) electrons. The van der Waals surface area contributed by atoms with Crippen molar-refractivity contribution < 1.29 is 154 Å². The molecular formula is C54H73F3K2N10O8S. The van der Waals surface area contributed by atoms with Gasteiger partial charge >= 0.3 is 118 Å². The molecule has 2 aromatic carbocycles. The SMILES string of the molecule is C1CCN(C2CCNCC2)CC1.O=CO[O-].[C-]#[N+]c1ccc(N2C[C@H](CN3CCC(N4CCCCC4)CC3)O[C@H](C)C2)c2cccnc12.[C-]#[N+]c1ccc(N2C[C@H](COS(=O)(=O)C(F)(F)F)O[C@H](C)C2)c2cccnc12.[H-].[K+].[K+]. The van der Waals surface area contributed by atoms with Crippen molar-refractivity contribution in [1.82, 2.24) is 30.0 Å². The van der Waals surface area contributed by atoms with Crippen molar-refractivity contribution in [2.75, 3.05) is 101 Å². The molecule has 24 heteroatoms. The Bertz CT molecular complexity index is 2680. The van der Waals surface area contributed by atoms with Gasteiger partial charge in [0.25, 0.3) is 6.47 Å². The third kappa shape index (κ3) is 19.0. The van der Waals surface area contributed by atoms with Gasteiger partial charge in [0.05, 0.1) is 49.1 Å². The van der Waals surface area contributed by atoms with Gasteiger partial charge in [-0.2, -0.15) is 21.6 Å². The topological polar surface area (TPSA) is 174 Å². The minimum atomic E-state index is -5.68. The van der Waals surface area contributed by atoms with Crippen molar-refractivity contribution in [3.63, 3.8) is 0 Å². The Morgan fingerprint density at radius 3 is 1.62 bits per heavy atom. The van der Waals surface area contributed by atoms with Crippen LogP contribution in [0.25, 0.3) is 31.5 Å². The van der Waals surface area contributed by atoms with E-state index in [1.165, 1.54) is 122 Å².